The second-order valence-electron chi connectivity index (χ2n) is 9.59. The van der Waals surface area contributed by atoms with E-state index < -0.39 is 23.4 Å². The Balaban J connectivity index is 1.18. The van der Waals surface area contributed by atoms with Crippen LogP contribution in [0.25, 0.3) is 11.1 Å². The van der Waals surface area contributed by atoms with E-state index in [0.29, 0.717) is 19.4 Å². The first-order valence-electron chi connectivity index (χ1n) is 11.5. The Kier molecular flexibility index (Phi) is 5.35. The van der Waals surface area contributed by atoms with Crippen molar-refractivity contribution in [2.24, 2.45) is 17.3 Å². The first-order chi connectivity index (χ1) is 15.9. The highest BCUT2D eigenvalue weighted by Crippen LogP contribution is 2.48. The first kappa shape index (κ1) is 21.5. The Morgan fingerprint density at radius 3 is 2.18 bits per heavy atom. The molecule has 2 aromatic carbocycles. The van der Waals surface area contributed by atoms with Crippen LogP contribution in [0.2, 0.25) is 0 Å². The summed E-state index contributed by atoms with van der Waals surface area (Å²) in [6.07, 6.45) is 0.852. The average molecular weight is 449 g/mol. The number of carbonyl (C=O) groups is 3. The van der Waals surface area contributed by atoms with Crippen LogP contribution in [-0.2, 0) is 14.3 Å². The summed E-state index contributed by atoms with van der Waals surface area (Å²) in [5.74, 6) is -1.53. The molecule has 33 heavy (non-hydrogen) atoms. The zero-order valence-corrected chi connectivity index (χ0v) is 18.6. The number of rotatable bonds is 6. The molecule has 1 heterocycles. The number of amides is 2. The van der Waals surface area contributed by atoms with Gasteiger partial charge in [0.25, 0.3) is 0 Å². The topological polar surface area (TPSA) is 95.9 Å². The maximum Gasteiger partial charge on any atom is 0.407 e. The van der Waals surface area contributed by atoms with Crippen LogP contribution in [0.1, 0.15) is 36.8 Å². The molecule has 1 aliphatic heterocycles. The van der Waals surface area contributed by atoms with Crippen molar-refractivity contribution < 1.29 is 24.2 Å². The maximum atomic E-state index is 13.0. The minimum absolute atomic E-state index is 0.0151. The second kappa shape index (κ2) is 8.21. The van der Waals surface area contributed by atoms with Crippen LogP contribution in [0.3, 0.4) is 0 Å². The lowest BCUT2D eigenvalue weighted by Crippen LogP contribution is -2.42. The Labute approximate surface area is 192 Å². The Morgan fingerprint density at radius 2 is 1.64 bits per heavy atom. The lowest BCUT2D eigenvalue weighted by atomic mass is 9.98. The minimum atomic E-state index is -0.862. The maximum absolute atomic E-state index is 13.0. The van der Waals surface area contributed by atoms with E-state index in [2.05, 4.69) is 29.6 Å². The van der Waals surface area contributed by atoms with Crippen LogP contribution < -0.4 is 5.32 Å². The van der Waals surface area contributed by atoms with Gasteiger partial charge < -0.3 is 20.1 Å². The molecule has 7 heteroatoms. The average Bonchev–Trinajstić information content (AvgIpc) is 3.41. The number of fused-ring (bicyclic) bond motifs is 3. The number of benzene rings is 2. The van der Waals surface area contributed by atoms with E-state index in [9.17, 15) is 19.5 Å². The number of hydrogen-bond donors (Lipinski definition) is 2. The highest BCUT2D eigenvalue weighted by atomic mass is 16.5. The molecule has 172 valence electrons. The molecule has 2 amide bonds. The number of alkyl carbamates (subject to hydrolysis) is 1. The van der Waals surface area contributed by atoms with E-state index >= 15 is 0 Å². The zero-order chi connectivity index (χ0) is 23.2. The molecule has 2 aliphatic carbocycles. The highest BCUT2D eigenvalue weighted by Gasteiger charge is 2.53. The summed E-state index contributed by atoms with van der Waals surface area (Å²) in [6, 6.07) is 16.3. The molecule has 2 aromatic rings. The van der Waals surface area contributed by atoms with Crippen LogP contribution in [0.4, 0.5) is 4.79 Å². The van der Waals surface area contributed by atoms with Crippen LogP contribution in [0, 0.1) is 17.3 Å². The predicted molar refractivity (Wildman–Crippen MR) is 122 cm³/mol. The molecule has 0 spiro atoms. The molecule has 0 radical (unpaired) electrons. The van der Waals surface area contributed by atoms with Crippen molar-refractivity contribution in [2.45, 2.75) is 25.7 Å². The lowest BCUT2D eigenvalue weighted by Gasteiger charge is -2.23. The van der Waals surface area contributed by atoms with Crippen molar-refractivity contribution in [1.29, 1.82) is 0 Å². The van der Waals surface area contributed by atoms with E-state index in [0.717, 1.165) is 11.1 Å². The Bertz CT molecular complexity index is 1060. The van der Waals surface area contributed by atoms with Crippen molar-refractivity contribution in [2.75, 3.05) is 26.2 Å². The third-order valence-electron chi connectivity index (χ3n) is 7.44. The molecule has 2 fully saturated rings. The van der Waals surface area contributed by atoms with Crippen molar-refractivity contribution >= 4 is 18.0 Å². The molecule has 3 aliphatic rings. The van der Waals surface area contributed by atoms with Crippen LogP contribution in [0.15, 0.2) is 48.5 Å². The van der Waals surface area contributed by atoms with Crippen molar-refractivity contribution in [1.82, 2.24) is 10.2 Å². The van der Waals surface area contributed by atoms with Crippen LogP contribution in [0.5, 0.6) is 0 Å². The Hall–Kier alpha value is -3.35. The number of aliphatic carboxylic acids is 1. The lowest BCUT2D eigenvalue weighted by molar-refractivity contribution is -0.142. The van der Waals surface area contributed by atoms with Gasteiger partial charge in [-0.25, -0.2) is 4.79 Å². The van der Waals surface area contributed by atoms with Gasteiger partial charge in [-0.05, 0) is 41.0 Å². The van der Waals surface area contributed by atoms with Gasteiger partial charge in [-0.3, -0.25) is 9.59 Å². The standard InChI is InChI=1S/C26H28N2O5/c1-16-12-28(13-21(16)23(29)30)24(31)26(10-11-26)15-27-25(32)33-14-22-19-8-4-2-6-17(19)18-7-3-5-9-20(18)22/h2-9,16,21-22H,10-15H2,1H3,(H,27,32)(H,29,30)/t16-,21-/m1/s1. The Morgan fingerprint density at radius 1 is 1.03 bits per heavy atom. The molecule has 2 atom stereocenters. The fraction of sp³-hybridized carbons (Fsp3) is 0.423. The third-order valence-corrected chi connectivity index (χ3v) is 7.44. The van der Waals surface area contributed by atoms with Gasteiger partial charge in [-0.1, -0.05) is 55.5 Å². The zero-order valence-electron chi connectivity index (χ0n) is 18.6. The van der Waals surface area contributed by atoms with E-state index in [1.165, 1.54) is 11.1 Å². The smallest absolute Gasteiger partial charge is 0.407 e. The van der Waals surface area contributed by atoms with Crippen molar-refractivity contribution in [3.63, 3.8) is 0 Å². The number of nitrogens with one attached hydrogen (secondary N) is 1. The monoisotopic (exact) mass is 448 g/mol. The summed E-state index contributed by atoms with van der Waals surface area (Å²) < 4.78 is 5.58. The predicted octanol–water partition coefficient (Wildman–Crippen LogP) is 3.48. The summed E-state index contributed by atoms with van der Waals surface area (Å²) in [4.78, 5) is 38.6. The van der Waals surface area contributed by atoms with E-state index in [1.54, 1.807) is 4.90 Å². The molecule has 1 saturated carbocycles. The molecular formula is C26H28N2O5. The minimum Gasteiger partial charge on any atom is -0.481 e. The van der Waals surface area contributed by atoms with E-state index in [4.69, 9.17) is 4.74 Å². The highest BCUT2D eigenvalue weighted by molar-refractivity contribution is 5.87. The number of nitrogens with zero attached hydrogens (tertiary/aromatic N) is 1. The summed E-state index contributed by atoms with van der Waals surface area (Å²) in [5, 5.41) is 12.1. The van der Waals surface area contributed by atoms with E-state index in [-0.39, 0.29) is 37.4 Å². The van der Waals surface area contributed by atoms with Crippen molar-refractivity contribution in [3.05, 3.63) is 59.7 Å². The molecule has 0 bridgehead atoms. The largest absolute Gasteiger partial charge is 0.481 e. The number of likely N-dealkylation sites (tertiary alicyclic amines) is 1. The molecule has 7 nitrogen and oxygen atoms in total. The normalized spacial score (nSPS) is 22.4. The fourth-order valence-corrected chi connectivity index (χ4v) is 5.30. The van der Waals surface area contributed by atoms with Gasteiger partial charge in [0, 0.05) is 25.6 Å². The van der Waals surface area contributed by atoms with Gasteiger partial charge in [0.2, 0.25) is 5.91 Å². The van der Waals surface area contributed by atoms with Crippen LogP contribution >= 0.6 is 0 Å². The number of ether oxygens (including phenoxy) is 1. The fourth-order valence-electron chi connectivity index (χ4n) is 5.30. The molecule has 1 saturated heterocycles. The van der Waals surface area contributed by atoms with Gasteiger partial charge in [0.15, 0.2) is 0 Å². The molecule has 2 N–H and O–H groups in total. The number of carbonyl (C=O) groups excluding carboxylic acids is 2. The SMILES string of the molecule is C[C@@H]1CN(C(=O)C2(CNC(=O)OCC3c4ccccc4-c4ccccc43)CC2)C[C@H]1C(=O)O. The molecular weight excluding hydrogens is 420 g/mol. The van der Waals surface area contributed by atoms with Gasteiger partial charge in [-0.2, -0.15) is 0 Å². The number of carboxylic acid groups (broad SMARTS) is 1. The first-order valence-corrected chi connectivity index (χ1v) is 11.5. The third kappa shape index (κ3) is 3.86. The molecule has 0 aromatic heterocycles. The van der Waals surface area contributed by atoms with Gasteiger partial charge in [0.1, 0.15) is 6.61 Å². The van der Waals surface area contributed by atoms with Gasteiger partial charge in [-0.15, -0.1) is 0 Å². The summed E-state index contributed by atoms with van der Waals surface area (Å²) in [7, 11) is 0. The number of carboxylic acids is 1. The number of hydrogen-bond acceptors (Lipinski definition) is 4. The summed E-state index contributed by atoms with van der Waals surface area (Å²) in [5.41, 5.74) is 4.01. The summed E-state index contributed by atoms with van der Waals surface area (Å²) in [6.45, 7) is 2.99. The van der Waals surface area contributed by atoms with Crippen LogP contribution in [-0.4, -0.2) is 54.2 Å². The second-order valence-corrected chi connectivity index (χ2v) is 9.59. The quantitative estimate of drug-likeness (QED) is 0.705. The van der Waals surface area contributed by atoms with Crippen molar-refractivity contribution in [3.8, 4) is 11.1 Å². The van der Waals surface area contributed by atoms with Gasteiger partial charge >= 0.3 is 12.1 Å². The summed E-state index contributed by atoms with van der Waals surface area (Å²) >= 11 is 0. The van der Waals surface area contributed by atoms with Gasteiger partial charge in [0.05, 0.1) is 11.3 Å². The molecule has 0 unspecified atom stereocenters. The molecule has 5 rings (SSSR count). The van der Waals surface area contributed by atoms with E-state index in [1.807, 2.05) is 31.2 Å².